The van der Waals surface area contributed by atoms with Gasteiger partial charge in [0.05, 0.1) is 0 Å². The molecule has 2 aromatic carbocycles. The van der Waals surface area contributed by atoms with Crippen LogP contribution in [0.25, 0.3) is 11.1 Å². The van der Waals surface area contributed by atoms with E-state index in [0.717, 1.165) is 23.3 Å². The molecule has 3 nitrogen and oxygen atoms in total. The fourth-order valence-corrected chi connectivity index (χ4v) is 2.97. The Hall–Kier alpha value is -2.10. The fraction of sp³-hybridized carbons (Fsp3) is 0.0556. The summed E-state index contributed by atoms with van der Waals surface area (Å²) in [5.74, 6) is -0.803. The van der Waals surface area contributed by atoms with E-state index in [0.29, 0.717) is 15.9 Å². The van der Waals surface area contributed by atoms with E-state index < -0.39 is 11.6 Å². The van der Waals surface area contributed by atoms with E-state index in [1.165, 1.54) is 16.9 Å². The molecule has 1 unspecified atom stereocenters. The molecular formula is C18H14AsClF2N2O. The molecule has 25 heavy (non-hydrogen) atoms. The van der Waals surface area contributed by atoms with E-state index in [-0.39, 0.29) is 17.2 Å². The number of halogens is 3. The Morgan fingerprint density at radius 3 is 2.44 bits per heavy atom. The standard InChI is InChI=1S/C18H14AsClF2N2O/c19-18-16(25-9-13-14(21)5-6-15(22)17(13)20)7-11(8-24-18)10-1-3-12(23)4-2-10/h1-8H,9,19,23H2. The summed E-state index contributed by atoms with van der Waals surface area (Å²) in [6.07, 6.45) is 1.73. The Morgan fingerprint density at radius 1 is 1.04 bits per heavy atom. The van der Waals surface area contributed by atoms with Gasteiger partial charge in [0.1, 0.15) is 0 Å². The van der Waals surface area contributed by atoms with Crippen LogP contribution < -0.4 is 15.0 Å². The molecule has 0 aliphatic carbocycles. The van der Waals surface area contributed by atoms with Crippen LogP contribution in [0.1, 0.15) is 5.56 Å². The average molecular weight is 423 g/mol. The maximum absolute atomic E-state index is 13.9. The molecule has 0 bridgehead atoms. The van der Waals surface area contributed by atoms with Crippen LogP contribution in [0.4, 0.5) is 14.5 Å². The quantitative estimate of drug-likeness (QED) is 0.399. The van der Waals surface area contributed by atoms with E-state index in [1.807, 2.05) is 12.1 Å². The summed E-state index contributed by atoms with van der Waals surface area (Å²) in [6.45, 7) is -0.188. The number of nitrogens with two attached hydrogens (primary N) is 1. The summed E-state index contributed by atoms with van der Waals surface area (Å²) < 4.78 is 33.7. The van der Waals surface area contributed by atoms with Gasteiger partial charge in [-0.2, -0.15) is 0 Å². The number of pyridine rings is 1. The molecule has 7 heteroatoms. The normalized spacial score (nSPS) is 10.7. The van der Waals surface area contributed by atoms with Gasteiger partial charge < -0.3 is 0 Å². The first-order valence-electron chi connectivity index (χ1n) is 7.32. The number of nitrogens with zero attached hydrogens (tertiary/aromatic N) is 1. The Labute approximate surface area is 157 Å². The first-order valence-corrected chi connectivity index (χ1v) is 8.91. The minimum atomic E-state index is -0.684. The first-order chi connectivity index (χ1) is 12.0. The van der Waals surface area contributed by atoms with Crippen LogP contribution in [0.5, 0.6) is 5.75 Å². The molecule has 0 spiro atoms. The monoisotopic (exact) mass is 422 g/mol. The van der Waals surface area contributed by atoms with Crippen molar-refractivity contribution >= 4 is 38.6 Å². The van der Waals surface area contributed by atoms with Crippen LogP contribution in [0.2, 0.25) is 5.02 Å². The number of ether oxygens (including phenoxy) is 1. The average Bonchev–Trinajstić information content (AvgIpc) is 2.60. The van der Waals surface area contributed by atoms with E-state index >= 15 is 0 Å². The number of nitrogen functional groups attached to an aromatic ring is 1. The zero-order valence-corrected chi connectivity index (χ0v) is 16.1. The number of hydrogen-bond acceptors (Lipinski definition) is 3. The van der Waals surface area contributed by atoms with Crippen molar-refractivity contribution in [2.75, 3.05) is 5.73 Å². The molecule has 0 saturated heterocycles. The molecule has 128 valence electrons. The zero-order chi connectivity index (χ0) is 18.0. The molecule has 1 atom stereocenters. The Morgan fingerprint density at radius 2 is 1.72 bits per heavy atom. The predicted octanol–water partition coefficient (Wildman–Crippen LogP) is 3.10. The second-order valence-corrected chi connectivity index (χ2v) is 6.87. The summed E-state index contributed by atoms with van der Waals surface area (Å²) in [6, 6.07) is 11.2. The number of rotatable bonds is 4. The third-order valence-corrected chi connectivity index (χ3v) is 4.96. The van der Waals surface area contributed by atoms with Crippen molar-refractivity contribution < 1.29 is 13.5 Å². The molecule has 2 N–H and O–H groups in total. The maximum atomic E-state index is 13.9. The molecule has 0 radical (unpaired) electrons. The van der Waals surface area contributed by atoms with Crippen LogP contribution in [0.15, 0.2) is 48.7 Å². The van der Waals surface area contributed by atoms with Crippen LogP contribution in [0.3, 0.4) is 0 Å². The molecular weight excluding hydrogens is 409 g/mol. The third kappa shape index (κ3) is 3.94. The SMILES string of the molecule is Nc1ccc(-c2cnc([AsH2])c(OCc3c(F)ccc(F)c3Cl)c2)cc1. The van der Waals surface area contributed by atoms with Gasteiger partial charge in [0.15, 0.2) is 0 Å². The summed E-state index contributed by atoms with van der Waals surface area (Å²) >= 11 is 7.09. The van der Waals surface area contributed by atoms with E-state index in [9.17, 15) is 8.78 Å². The van der Waals surface area contributed by atoms with Gasteiger partial charge >= 0.3 is 157 Å². The number of benzene rings is 2. The van der Waals surface area contributed by atoms with Gasteiger partial charge in [-0.15, -0.1) is 0 Å². The Bertz CT molecular complexity index is 920. The predicted molar refractivity (Wildman–Crippen MR) is 98.0 cm³/mol. The van der Waals surface area contributed by atoms with Crippen LogP contribution in [-0.2, 0) is 6.61 Å². The van der Waals surface area contributed by atoms with Crippen molar-refractivity contribution in [1.29, 1.82) is 0 Å². The van der Waals surface area contributed by atoms with Gasteiger partial charge in [-0.05, 0) is 0 Å². The molecule has 0 aliphatic heterocycles. The number of aromatic nitrogens is 1. The molecule has 0 saturated carbocycles. The van der Waals surface area contributed by atoms with Crippen LogP contribution in [0, 0.1) is 11.6 Å². The molecule has 3 rings (SSSR count). The van der Waals surface area contributed by atoms with E-state index in [1.54, 1.807) is 24.4 Å². The molecule has 3 aromatic rings. The van der Waals surface area contributed by atoms with Gasteiger partial charge in [-0.25, -0.2) is 0 Å². The number of anilines is 1. The summed E-state index contributed by atoms with van der Waals surface area (Å²) in [7, 11) is 0. The van der Waals surface area contributed by atoms with Crippen molar-refractivity contribution in [2.45, 2.75) is 6.61 Å². The summed E-state index contributed by atoms with van der Waals surface area (Å²) in [4.78, 5) is 4.32. The van der Waals surface area contributed by atoms with Gasteiger partial charge in [0.25, 0.3) is 0 Å². The van der Waals surface area contributed by atoms with Crippen molar-refractivity contribution in [2.24, 2.45) is 0 Å². The molecule has 1 aromatic heterocycles. The molecule has 0 aliphatic rings. The minimum absolute atomic E-state index is 0.0218. The summed E-state index contributed by atoms with van der Waals surface area (Å²) in [5, 5.41) is -0.272. The number of hydrogen-bond donors (Lipinski definition) is 1. The van der Waals surface area contributed by atoms with Crippen LogP contribution in [-0.4, -0.2) is 21.8 Å². The van der Waals surface area contributed by atoms with Gasteiger partial charge in [-0.1, -0.05) is 0 Å². The second kappa shape index (κ2) is 7.42. The zero-order valence-electron chi connectivity index (χ0n) is 13.0. The van der Waals surface area contributed by atoms with Crippen molar-refractivity contribution in [3.05, 3.63) is 70.9 Å². The molecule has 0 fully saturated rings. The van der Waals surface area contributed by atoms with Crippen molar-refractivity contribution in [1.82, 2.24) is 4.98 Å². The van der Waals surface area contributed by atoms with Crippen molar-refractivity contribution in [3.63, 3.8) is 0 Å². The van der Waals surface area contributed by atoms with Gasteiger partial charge in [-0.3, -0.25) is 0 Å². The topological polar surface area (TPSA) is 48.1 Å². The van der Waals surface area contributed by atoms with E-state index in [2.05, 4.69) is 4.98 Å². The Balaban J connectivity index is 1.87. The van der Waals surface area contributed by atoms with E-state index in [4.69, 9.17) is 22.1 Å². The van der Waals surface area contributed by atoms with Gasteiger partial charge in [0, 0.05) is 0 Å². The van der Waals surface area contributed by atoms with Crippen LogP contribution >= 0.6 is 11.6 Å². The summed E-state index contributed by atoms with van der Waals surface area (Å²) in [5.41, 5.74) is 8.10. The van der Waals surface area contributed by atoms with Crippen molar-refractivity contribution in [3.8, 4) is 16.9 Å². The third-order valence-electron chi connectivity index (χ3n) is 3.64. The molecule has 1 heterocycles. The Kier molecular flexibility index (Phi) is 5.26. The second-order valence-electron chi connectivity index (χ2n) is 5.34. The molecule has 0 amide bonds. The fourth-order valence-electron chi connectivity index (χ4n) is 2.26. The first kappa shape index (κ1) is 17.7. The van der Waals surface area contributed by atoms with Gasteiger partial charge in [0.2, 0.25) is 0 Å².